The second-order valence-corrected chi connectivity index (χ2v) is 13.6. The number of anilines is 1. The van der Waals surface area contributed by atoms with Crippen molar-refractivity contribution in [2.45, 2.75) is 44.2 Å². The van der Waals surface area contributed by atoms with E-state index >= 15 is 0 Å². The number of hydrogen-bond acceptors (Lipinski definition) is 9. The van der Waals surface area contributed by atoms with Crippen LogP contribution in [0.2, 0.25) is 0 Å². The summed E-state index contributed by atoms with van der Waals surface area (Å²) in [5.41, 5.74) is 2.37. The fourth-order valence-corrected chi connectivity index (χ4v) is 7.69. The summed E-state index contributed by atoms with van der Waals surface area (Å²) < 4.78 is 30.7. The molecule has 2 atom stereocenters. The van der Waals surface area contributed by atoms with E-state index in [9.17, 15) is 32.7 Å². The third-order valence-electron chi connectivity index (χ3n) is 9.01. The lowest BCUT2D eigenvalue weighted by Crippen LogP contribution is -2.52. The highest BCUT2D eigenvalue weighted by atomic mass is 32.2. The van der Waals surface area contributed by atoms with Gasteiger partial charge in [-0.15, -0.1) is 0 Å². The zero-order valence-electron chi connectivity index (χ0n) is 25.2. The normalized spacial score (nSPS) is 23.3. The Balaban J connectivity index is 1.00. The Morgan fingerprint density at radius 2 is 1.74 bits per heavy atom. The Kier molecular flexibility index (Phi) is 9.02. The number of hydrogen-bond donors (Lipinski definition) is 3. The van der Waals surface area contributed by atoms with Gasteiger partial charge in [-0.05, 0) is 30.0 Å². The van der Waals surface area contributed by atoms with Crippen LogP contribution in [-0.4, -0.2) is 103 Å². The van der Waals surface area contributed by atoms with Crippen LogP contribution in [0.15, 0.2) is 64.9 Å². The first-order valence-corrected chi connectivity index (χ1v) is 16.8. The highest BCUT2D eigenvalue weighted by molar-refractivity contribution is 7.90. The Labute approximate surface area is 267 Å². The number of aliphatic imine (C=N–C) groups is 1. The van der Waals surface area contributed by atoms with E-state index in [1.54, 1.807) is 18.2 Å². The highest BCUT2D eigenvalue weighted by Crippen LogP contribution is 2.34. The van der Waals surface area contributed by atoms with E-state index in [0.29, 0.717) is 50.1 Å². The van der Waals surface area contributed by atoms with E-state index in [0.717, 1.165) is 5.56 Å². The third-order valence-corrected chi connectivity index (χ3v) is 10.5. The average Bonchev–Trinajstić information content (AvgIpc) is 3.37. The van der Waals surface area contributed by atoms with Crippen LogP contribution in [0.4, 0.5) is 5.69 Å². The van der Waals surface area contributed by atoms with Crippen LogP contribution >= 0.6 is 0 Å². The molecular formula is C32H36N6O7S. The number of aliphatic hydroxyl groups is 1. The monoisotopic (exact) mass is 648 g/mol. The van der Waals surface area contributed by atoms with Gasteiger partial charge in [-0.25, -0.2) is 0 Å². The molecular weight excluding hydrogens is 612 g/mol. The van der Waals surface area contributed by atoms with Crippen molar-refractivity contribution < 1.29 is 32.7 Å². The first kappa shape index (κ1) is 31.6. The van der Waals surface area contributed by atoms with Crippen LogP contribution in [0.5, 0.6) is 0 Å². The van der Waals surface area contributed by atoms with Gasteiger partial charge in [0.2, 0.25) is 11.8 Å². The molecule has 13 nitrogen and oxygen atoms in total. The van der Waals surface area contributed by atoms with E-state index in [1.807, 2.05) is 30.3 Å². The summed E-state index contributed by atoms with van der Waals surface area (Å²) in [6, 6.07) is 13.7. The number of piperazine rings is 1. The first-order valence-electron chi connectivity index (χ1n) is 15.4. The molecule has 4 aliphatic rings. The number of ketones is 1. The van der Waals surface area contributed by atoms with Crippen LogP contribution in [0, 0.1) is 0 Å². The minimum absolute atomic E-state index is 0.0502. The molecule has 242 valence electrons. The number of carbonyl (C=O) groups excluding carboxylic acids is 4. The van der Waals surface area contributed by atoms with Crippen molar-refractivity contribution in [1.29, 1.82) is 0 Å². The van der Waals surface area contributed by atoms with Crippen molar-refractivity contribution in [3.05, 3.63) is 76.6 Å². The van der Waals surface area contributed by atoms with Crippen LogP contribution in [0.25, 0.3) is 0 Å². The molecule has 6 rings (SSSR count). The average molecular weight is 649 g/mol. The number of amides is 3. The SMILES string of the molecule is O=C1CCC(N2Cc3c(NS(=O)(=O)N4CCN(CCN=CC5=C(O)CC(c6ccccc6)CC5=O)CC4)cccc3C2=O)C(=O)N1. The second kappa shape index (κ2) is 13.1. The standard InChI is InChI=1S/C32H36N6O7S/c39-28-17-22(21-5-2-1-3-6-21)18-29(40)24(28)19-33-11-12-36-13-15-37(16-14-36)46(44,45)35-26-8-4-7-23-25(26)20-38(32(23)43)27-9-10-30(41)34-31(27)42/h1-8,19,22,27,35,39H,9-18,20H2,(H,34,41,42). The molecule has 2 aromatic carbocycles. The number of Topliss-reactive ketones (excluding diaryl/α,β-unsaturated/α-hetero) is 1. The molecule has 2 unspecified atom stereocenters. The molecule has 0 radical (unpaired) electrons. The summed E-state index contributed by atoms with van der Waals surface area (Å²) in [6.45, 7) is 2.48. The molecule has 2 saturated heterocycles. The van der Waals surface area contributed by atoms with Crippen molar-refractivity contribution in [3.8, 4) is 0 Å². The first-order chi connectivity index (χ1) is 22.1. The number of aliphatic hydroxyl groups excluding tert-OH is 1. The van der Waals surface area contributed by atoms with Crippen molar-refractivity contribution in [3.63, 3.8) is 0 Å². The van der Waals surface area contributed by atoms with Crippen molar-refractivity contribution in [1.82, 2.24) is 19.4 Å². The van der Waals surface area contributed by atoms with Crippen LogP contribution < -0.4 is 10.0 Å². The van der Waals surface area contributed by atoms with Gasteiger partial charge < -0.3 is 10.0 Å². The quantitative estimate of drug-likeness (QED) is 0.273. The summed E-state index contributed by atoms with van der Waals surface area (Å²) >= 11 is 0. The van der Waals surface area contributed by atoms with Crippen molar-refractivity contribution >= 4 is 45.6 Å². The molecule has 3 N–H and O–H groups in total. The fourth-order valence-electron chi connectivity index (χ4n) is 6.45. The number of nitrogens with one attached hydrogen (secondary N) is 2. The fraction of sp³-hybridized carbons (Fsp3) is 0.406. The van der Waals surface area contributed by atoms with E-state index in [-0.39, 0.29) is 73.0 Å². The highest BCUT2D eigenvalue weighted by Gasteiger charge is 2.40. The second-order valence-electron chi connectivity index (χ2n) is 11.9. The van der Waals surface area contributed by atoms with Crippen LogP contribution in [0.3, 0.4) is 0 Å². The van der Waals surface area contributed by atoms with Gasteiger partial charge in [0.25, 0.3) is 5.91 Å². The summed E-state index contributed by atoms with van der Waals surface area (Å²) in [5, 5.41) is 12.8. The van der Waals surface area contributed by atoms with Gasteiger partial charge in [0.05, 0.1) is 17.8 Å². The molecule has 3 heterocycles. The molecule has 2 fully saturated rings. The molecule has 0 aromatic heterocycles. The van der Waals surface area contributed by atoms with Gasteiger partial charge in [0.1, 0.15) is 11.8 Å². The smallest absolute Gasteiger partial charge is 0.301 e. The van der Waals surface area contributed by atoms with Gasteiger partial charge in [0.15, 0.2) is 5.78 Å². The molecule has 3 aliphatic heterocycles. The topological polar surface area (TPSA) is 169 Å². The summed E-state index contributed by atoms with van der Waals surface area (Å²) in [5.74, 6) is -1.42. The minimum atomic E-state index is -3.93. The predicted molar refractivity (Wildman–Crippen MR) is 169 cm³/mol. The van der Waals surface area contributed by atoms with E-state index in [2.05, 4.69) is 19.9 Å². The zero-order valence-corrected chi connectivity index (χ0v) is 26.0. The number of rotatable bonds is 9. The molecule has 1 aliphatic carbocycles. The Morgan fingerprint density at radius 1 is 0.978 bits per heavy atom. The lowest BCUT2D eigenvalue weighted by Gasteiger charge is -2.33. The lowest BCUT2D eigenvalue weighted by molar-refractivity contribution is -0.137. The summed E-state index contributed by atoms with van der Waals surface area (Å²) in [7, 11) is -3.93. The van der Waals surface area contributed by atoms with Crippen LogP contribution in [0.1, 0.15) is 53.1 Å². The Bertz CT molecular complexity index is 1720. The van der Waals surface area contributed by atoms with Gasteiger partial charge in [-0.2, -0.15) is 12.7 Å². The molecule has 0 saturated carbocycles. The van der Waals surface area contributed by atoms with Gasteiger partial charge >= 0.3 is 10.2 Å². The molecule has 46 heavy (non-hydrogen) atoms. The molecule has 3 amide bonds. The molecule has 2 aromatic rings. The van der Waals surface area contributed by atoms with Crippen molar-refractivity contribution in [2.75, 3.05) is 44.0 Å². The van der Waals surface area contributed by atoms with E-state index in [1.165, 1.54) is 15.4 Å². The Morgan fingerprint density at radius 3 is 2.46 bits per heavy atom. The number of nitrogens with zero attached hydrogens (tertiary/aromatic N) is 4. The number of piperidine rings is 1. The minimum Gasteiger partial charge on any atom is -0.511 e. The maximum atomic E-state index is 13.3. The van der Waals surface area contributed by atoms with E-state index in [4.69, 9.17) is 0 Å². The third kappa shape index (κ3) is 6.59. The maximum absolute atomic E-state index is 13.3. The zero-order chi connectivity index (χ0) is 32.4. The number of fused-ring (bicyclic) bond motifs is 1. The Hall–Kier alpha value is -4.40. The molecule has 14 heteroatoms. The van der Waals surface area contributed by atoms with Gasteiger partial charge in [-0.3, -0.25) is 39.1 Å². The summed E-state index contributed by atoms with van der Waals surface area (Å²) in [6.07, 6.45) is 2.51. The summed E-state index contributed by atoms with van der Waals surface area (Å²) in [4.78, 5) is 57.6. The van der Waals surface area contributed by atoms with Crippen LogP contribution in [-0.2, 0) is 31.1 Å². The number of carbonyl (C=O) groups is 4. The number of allylic oxidation sites excluding steroid dienone is 2. The number of benzene rings is 2. The van der Waals surface area contributed by atoms with Gasteiger partial charge in [0, 0.05) is 75.9 Å². The predicted octanol–water partition coefficient (Wildman–Crippen LogP) is 1.75. The van der Waals surface area contributed by atoms with Gasteiger partial charge in [-0.1, -0.05) is 36.4 Å². The lowest BCUT2D eigenvalue weighted by atomic mass is 9.83. The molecule has 0 spiro atoms. The van der Waals surface area contributed by atoms with Crippen molar-refractivity contribution in [2.24, 2.45) is 4.99 Å². The molecule has 0 bridgehead atoms. The van der Waals surface area contributed by atoms with E-state index < -0.39 is 22.2 Å². The number of imide groups is 1. The largest absolute Gasteiger partial charge is 0.511 e. The maximum Gasteiger partial charge on any atom is 0.301 e.